The van der Waals surface area contributed by atoms with Gasteiger partial charge in [0.2, 0.25) is 0 Å². The molecule has 1 aromatic rings. The van der Waals surface area contributed by atoms with Crippen molar-refractivity contribution in [3.63, 3.8) is 0 Å². The van der Waals surface area contributed by atoms with Crippen molar-refractivity contribution in [1.82, 2.24) is 4.98 Å². The Labute approximate surface area is 95.5 Å². The first-order valence-electron chi connectivity index (χ1n) is 5.69. The number of nitrogen functional groups attached to an aromatic ring is 1. The largest absolute Gasteiger partial charge is 0.396 e. The third kappa shape index (κ3) is 2.43. The van der Waals surface area contributed by atoms with E-state index < -0.39 is 0 Å². The van der Waals surface area contributed by atoms with Crippen LogP contribution in [-0.4, -0.2) is 11.5 Å². The molecule has 0 aromatic carbocycles. The van der Waals surface area contributed by atoms with Crippen molar-refractivity contribution in [3.05, 3.63) is 17.8 Å². The molecular weight excluding hydrogens is 200 g/mol. The monoisotopic (exact) mass is 216 g/mol. The fraction of sp³-hybridized carbons (Fsp3) is 0.500. The topological polar surface area (TPSA) is 74.7 Å². The third-order valence-corrected chi connectivity index (χ3v) is 3.12. The van der Waals surface area contributed by atoms with Gasteiger partial charge in [-0.3, -0.25) is 0 Å². The predicted octanol–water partition coefficient (Wildman–Crippen LogP) is 2.14. The Morgan fingerprint density at radius 1 is 1.56 bits per heavy atom. The van der Waals surface area contributed by atoms with E-state index in [-0.39, 0.29) is 0 Å². The Balaban J connectivity index is 1.86. The molecular formula is C12H16N4. The molecule has 0 spiro atoms. The number of nitrogens with two attached hydrogens (primary N) is 1. The van der Waals surface area contributed by atoms with Crippen LogP contribution in [0.1, 0.15) is 31.2 Å². The summed E-state index contributed by atoms with van der Waals surface area (Å²) < 4.78 is 0. The van der Waals surface area contributed by atoms with Crippen LogP contribution in [0.3, 0.4) is 0 Å². The molecule has 1 aliphatic rings. The minimum absolute atomic E-state index is 0.502. The summed E-state index contributed by atoms with van der Waals surface area (Å²) in [5.41, 5.74) is 6.83. The number of nitrogens with one attached hydrogen (secondary N) is 1. The standard InChI is InChI=1S/C12H16N4/c13-7-10-6-11(14)12(16-8-10)15-5-4-9-2-1-3-9/h6,8-9H,1-5,14H2,(H,15,16). The van der Waals surface area contributed by atoms with E-state index >= 15 is 0 Å². The van der Waals surface area contributed by atoms with Crippen LogP contribution in [0, 0.1) is 17.2 Å². The van der Waals surface area contributed by atoms with E-state index in [9.17, 15) is 0 Å². The lowest BCUT2D eigenvalue weighted by molar-refractivity contribution is 0.303. The molecule has 0 saturated heterocycles. The van der Waals surface area contributed by atoms with Crippen molar-refractivity contribution in [2.24, 2.45) is 5.92 Å². The Morgan fingerprint density at radius 2 is 2.38 bits per heavy atom. The SMILES string of the molecule is N#Cc1cnc(NCCC2CCC2)c(N)c1. The number of hydrogen-bond donors (Lipinski definition) is 2. The number of nitrogens with zero attached hydrogens (tertiary/aromatic N) is 2. The van der Waals surface area contributed by atoms with Gasteiger partial charge >= 0.3 is 0 Å². The highest BCUT2D eigenvalue weighted by molar-refractivity contribution is 5.62. The van der Waals surface area contributed by atoms with Gasteiger partial charge in [-0.2, -0.15) is 5.26 Å². The van der Waals surface area contributed by atoms with Gasteiger partial charge in [0.15, 0.2) is 0 Å². The average Bonchev–Trinajstić information content (AvgIpc) is 2.23. The lowest BCUT2D eigenvalue weighted by atomic mass is 9.83. The van der Waals surface area contributed by atoms with E-state index in [0.29, 0.717) is 17.1 Å². The first-order chi connectivity index (χ1) is 7.79. The van der Waals surface area contributed by atoms with Crippen LogP contribution in [0.5, 0.6) is 0 Å². The second-order valence-electron chi connectivity index (χ2n) is 4.29. The quantitative estimate of drug-likeness (QED) is 0.808. The van der Waals surface area contributed by atoms with Crippen LogP contribution in [0.15, 0.2) is 12.3 Å². The molecule has 0 bridgehead atoms. The molecule has 0 radical (unpaired) electrons. The Bertz CT molecular complexity index is 404. The summed E-state index contributed by atoms with van der Waals surface area (Å²) in [6, 6.07) is 3.67. The van der Waals surface area contributed by atoms with E-state index in [1.807, 2.05) is 6.07 Å². The van der Waals surface area contributed by atoms with Gasteiger partial charge in [-0.15, -0.1) is 0 Å². The smallest absolute Gasteiger partial charge is 0.149 e. The van der Waals surface area contributed by atoms with Gasteiger partial charge in [0.25, 0.3) is 0 Å². The third-order valence-electron chi connectivity index (χ3n) is 3.12. The minimum Gasteiger partial charge on any atom is -0.396 e. The molecule has 1 heterocycles. The van der Waals surface area contributed by atoms with Gasteiger partial charge in [0.1, 0.15) is 11.9 Å². The van der Waals surface area contributed by atoms with Crippen LogP contribution >= 0.6 is 0 Å². The van der Waals surface area contributed by atoms with Gasteiger partial charge in [-0.1, -0.05) is 19.3 Å². The minimum atomic E-state index is 0.502. The van der Waals surface area contributed by atoms with Crippen molar-refractivity contribution in [1.29, 1.82) is 5.26 Å². The lowest BCUT2D eigenvalue weighted by Gasteiger charge is -2.25. The summed E-state index contributed by atoms with van der Waals surface area (Å²) in [5, 5.41) is 11.9. The molecule has 1 aromatic heterocycles. The van der Waals surface area contributed by atoms with E-state index in [1.165, 1.54) is 25.7 Å². The molecule has 1 aliphatic carbocycles. The zero-order valence-electron chi connectivity index (χ0n) is 9.24. The molecule has 1 saturated carbocycles. The fourth-order valence-corrected chi connectivity index (χ4v) is 1.87. The first kappa shape index (κ1) is 10.7. The van der Waals surface area contributed by atoms with Crippen LogP contribution in [0.25, 0.3) is 0 Å². The highest BCUT2D eigenvalue weighted by Gasteiger charge is 2.16. The first-order valence-corrected chi connectivity index (χ1v) is 5.69. The van der Waals surface area contributed by atoms with E-state index in [4.69, 9.17) is 11.0 Å². The van der Waals surface area contributed by atoms with Crippen molar-refractivity contribution in [2.45, 2.75) is 25.7 Å². The number of anilines is 2. The predicted molar refractivity (Wildman–Crippen MR) is 63.8 cm³/mol. The van der Waals surface area contributed by atoms with E-state index in [1.54, 1.807) is 12.3 Å². The number of aromatic nitrogens is 1. The molecule has 16 heavy (non-hydrogen) atoms. The van der Waals surface area contributed by atoms with E-state index in [2.05, 4.69) is 10.3 Å². The maximum atomic E-state index is 8.68. The van der Waals surface area contributed by atoms with Crippen molar-refractivity contribution < 1.29 is 0 Å². The van der Waals surface area contributed by atoms with Gasteiger partial charge < -0.3 is 11.1 Å². The summed E-state index contributed by atoms with van der Waals surface area (Å²) in [7, 11) is 0. The summed E-state index contributed by atoms with van der Waals surface area (Å²) in [6.07, 6.45) is 6.82. The van der Waals surface area contributed by atoms with Crippen LogP contribution in [0.4, 0.5) is 11.5 Å². The number of rotatable bonds is 4. The number of pyridine rings is 1. The zero-order valence-corrected chi connectivity index (χ0v) is 9.24. The highest BCUT2D eigenvalue weighted by atomic mass is 15.0. The molecule has 4 heteroatoms. The maximum absolute atomic E-state index is 8.68. The molecule has 0 unspecified atom stereocenters. The van der Waals surface area contributed by atoms with Gasteiger partial charge in [0.05, 0.1) is 11.3 Å². The van der Waals surface area contributed by atoms with Crippen LogP contribution in [0.2, 0.25) is 0 Å². The molecule has 4 nitrogen and oxygen atoms in total. The van der Waals surface area contributed by atoms with Gasteiger partial charge in [-0.05, 0) is 18.4 Å². The van der Waals surface area contributed by atoms with E-state index in [0.717, 1.165) is 12.5 Å². The van der Waals surface area contributed by atoms with Crippen LogP contribution < -0.4 is 11.1 Å². The maximum Gasteiger partial charge on any atom is 0.149 e. The Morgan fingerprint density at radius 3 is 2.94 bits per heavy atom. The summed E-state index contributed by atoms with van der Waals surface area (Å²) in [4.78, 5) is 4.13. The highest BCUT2D eigenvalue weighted by Crippen LogP contribution is 2.29. The summed E-state index contributed by atoms with van der Waals surface area (Å²) in [5.74, 6) is 1.57. The Hall–Kier alpha value is -1.76. The van der Waals surface area contributed by atoms with Crippen molar-refractivity contribution >= 4 is 11.5 Å². The molecule has 2 rings (SSSR count). The molecule has 84 valence electrons. The lowest BCUT2D eigenvalue weighted by Crippen LogP contribution is -2.16. The van der Waals surface area contributed by atoms with Gasteiger partial charge in [-0.25, -0.2) is 4.98 Å². The molecule has 0 aliphatic heterocycles. The number of nitriles is 1. The summed E-state index contributed by atoms with van der Waals surface area (Å²) >= 11 is 0. The summed E-state index contributed by atoms with van der Waals surface area (Å²) in [6.45, 7) is 0.910. The molecule has 0 amide bonds. The fourth-order valence-electron chi connectivity index (χ4n) is 1.87. The van der Waals surface area contributed by atoms with Gasteiger partial charge in [0, 0.05) is 12.7 Å². The Kier molecular flexibility index (Phi) is 3.25. The molecule has 1 fully saturated rings. The molecule has 3 N–H and O–H groups in total. The number of hydrogen-bond acceptors (Lipinski definition) is 4. The second-order valence-corrected chi connectivity index (χ2v) is 4.29. The van der Waals surface area contributed by atoms with Crippen molar-refractivity contribution in [2.75, 3.05) is 17.6 Å². The zero-order chi connectivity index (χ0) is 11.4. The average molecular weight is 216 g/mol. The van der Waals surface area contributed by atoms with Crippen LogP contribution in [-0.2, 0) is 0 Å². The molecule has 0 atom stereocenters. The normalized spacial score (nSPS) is 15.2. The second kappa shape index (κ2) is 4.84. The van der Waals surface area contributed by atoms with Crippen molar-refractivity contribution in [3.8, 4) is 6.07 Å².